The zero-order chi connectivity index (χ0) is 22.1. The first-order valence-corrected chi connectivity index (χ1v) is 9.93. The highest BCUT2D eigenvalue weighted by molar-refractivity contribution is 5.90. The zero-order valence-electron chi connectivity index (χ0n) is 17.1. The van der Waals surface area contributed by atoms with Gasteiger partial charge < -0.3 is 9.84 Å². The van der Waals surface area contributed by atoms with E-state index >= 15 is 0 Å². The van der Waals surface area contributed by atoms with Gasteiger partial charge in [0.05, 0.1) is 5.56 Å². The van der Waals surface area contributed by atoms with E-state index in [2.05, 4.69) is 20.6 Å². The van der Waals surface area contributed by atoms with Crippen LogP contribution in [0.4, 0.5) is 5.69 Å². The lowest BCUT2D eigenvalue weighted by Gasteiger charge is -2.03. The number of benzene rings is 2. The molecule has 3 heterocycles. The average molecular weight is 426 g/mol. The topological polar surface area (TPSA) is 107 Å². The Morgan fingerprint density at radius 2 is 1.91 bits per heavy atom. The normalized spacial score (nSPS) is 11.0. The predicted octanol–water partition coefficient (Wildman–Crippen LogP) is 3.16. The van der Waals surface area contributed by atoms with E-state index in [-0.39, 0.29) is 18.3 Å². The van der Waals surface area contributed by atoms with Gasteiger partial charge in [-0.05, 0) is 37.3 Å². The number of fused-ring (bicyclic) bond motifs is 1. The zero-order valence-corrected chi connectivity index (χ0v) is 17.1. The van der Waals surface area contributed by atoms with Crippen LogP contribution in [0.3, 0.4) is 0 Å². The lowest BCUT2D eigenvalue weighted by atomic mass is 10.1. The van der Waals surface area contributed by atoms with Gasteiger partial charge in [-0.1, -0.05) is 47.1 Å². The van der Waals surface area contributed by atoms with Crippen LogP contribution in [0.15, 0.2) is 82.2 Å². The number of pyridine rings is 1. The van der Waals surface area contributed by atoms with Crippen molar-refractivity contribution < 1.29 is 9.32 Å². The standard InChI is InChI=1S/C23H18N6O3/c1-15-7-5-8-16(13-15)20-25-22(32-27-20)18-11-6-12-28-21(18)26-29(23(28)31)14-19(30)24-17-9-3-2-4-10-17/h2-13H,14H2,1H3,(H,24,30). The Hall–Kier alpha value is -4.53. The number of hydrogen-bond donors (Lipinski definition) is 1. The van der Waals surface area contributed by atoms with E-state index in [9.17, 15) is 9.59 Å². The molecule has 1 amide bonds. The van der Waals surface area contributed by atoms with E-state index in [0.717, 1.165) is 15.8 Å². The van der Waals surface area contributed by atoms with Gasteiger partial charge >= 0.3 is 5.69 Å². The molecule has 0 saturated heterocycles. The van der Waals surface area contributed by atoms with Crippen LogP contribution in [0.1, 0.15) is 5.56 Å². The Labute approximate surface area is 181 Å². The van der Waals surface area contributed by atoms with Crippen molar-refractivity contribution in [2.45, 2.75) is 13.5 Å². The minimum absolute atomic E-state index is 0.229. The van der Waals surface area contributed by atoms with E-state index < -0.39 is 5.69 Å². The highest BCUT2D eigenvalue weighted by Crippen LogP contribution is 2.24. The van der Waals surface area contributed by atoms with Gasteiger partial charge in [0.2, 0.25) is 11.7 Å². The predicted molar refractivity (Wildman–Crippen MR) is 118 cm³/mol. The maximum atomic E-state index is 12.8. The smallest absolute Gasteiger partial charge is 0.333 e. The second kappa shape index (κ2) is 7.95. The molecule has 0 bridgehead atoms. The van der Waals surface area contributed by atoms with Crippen molar-refractivity contribution in [3.05, 3.63) is 89.0 Å². The number of carbonyl (C=O) groups excluding carboxylic acids is 1. The molecule has 5 rings (SSSR count). The highest BCUT2D eigenvalue weighted by Gasteiger charge is 2.18. The van der Waals surface area contributed by atoms with Crippen LogP contribution in [0, 0.1) is 6.92 Å². The van der Waals surface area contributed by atoms with Crippen LogP contribution < -0.4 is 11.0 Å². The molecule has 0 unspecified atom stereocenters. The summed E-state index contributed by atoms with van der Waals surface area (Å²) in [6.07, 6.45) is 1.58. The molecular weight excluding hydrogens is 408 g/mol. The van der Waals surface area contributed by atoms with Gasteiger partial charge in [0.15, 0.2) is 5.65 Å². The van der Waals surface area contributed by atoms with Gasteiger partial charge in [0, 0.05) is 17.4 Å². The monoisotopic (exact) mass is 426 g/mol. The molecule has 9 nitrogen and oxygen atoms in total. The summed E-state index contributed by atoms with van der Waals surface area (Å²) < 4.78 is 7.91. The third-order valence-electron chi connectivity index (χ3n) is 4.89. The fraction of sp³-hybridized carbons (Fsp3) is 0.0870. The summed E-state index contributed by atoms with van der Waals surface area (Å²) in [6.45, 7) is 1.76. The van der Waals surface area contributed by atoms with Gasteiger partial charge in [-0.25, -0.2) is 13.9 Å². The van der Waals surface area contributed by atoms with Crippen LogP contribution in [0.2, 0.25) is 0 Å². The van der Waals surface area contributed by atoms with Crippen LogP contribution >= 0.6 is 0 Å². The molecule has 0 saturated carbocycles. The van der Waals surface area contributed by atoms with Crippen LogP contribution in [0.5, 0.6) is 0 Å². The molecule has 1 N–H and O–H groups in total. The van der Waals surface area contributed by atoms with E-state index in [4.69, 9.17) is 4.52 Å². The molecule has 5 aromatic rings. The SMILES string of the molecule is Cc1cccc(-c2noc(-c3cccn4c(=O)n(CC(=O)Nc5ccccc5)nc34)n2)c1. The summed E-state index contributed by atoms with van der Waals surface area (Å²) in [4.78, 5) is 29.6. The minimum atomic E-state index is -0.441. The first-order valence-electron chi connectivity index (χ1n) is 9.93. The van der Waals surface area contributed by atoms with E-state index in [0.29, 0.717) is 22.7 Å². The van der Waals surface area contributed by atoms with Crippen molar-refractivity contribution in [1.82, 2.24) is 24.3 Å². The number of amides is 1. The molecule has 0 atom stereocenters. The largest absolute Gasteiger partial charge is 0.350 e. The molecule has 0 radical (unpaired) electrons. The molecule has 3 aromatic heterocycles. The summed E-state index contributed by atoms with van der Waals surface area (Å²) in [5.74, 6) is 0.315. The number of aromatic nitrogens is 5. The molecular formula is C23H18N6O3. The van der Waals surface area contributed by atoms with Crippen LogP contribution in [0.25, 0.3) is 28.5 Å². The number of aryl methyl sites for hydroxylation is 1. The molecule has 0 spiro atoms. The van der Waals surface area contributed by atoms with Gasteiger partial charge in [-0.3, -0.25) is 4.79 Å². The van der Waals surface area contributed by atoms with E-state index in [1.807, 2.05) is 49.4 Å². The number of hydrogen-bond acceptors (Lipinski definition) is 6. The Balaban J connectivity index is 1.47. The molecule has 2 aromatic carbocycles. The maximum Gasteiger partial charge on any atom is 0.350 e. The number of nitrogens with one attached hydrogen (secondary N) is 1. The van der Waals surface area contributed by atoms with Crippen molar-refractivity contribution >= 4 is 17.2 Å². The highest BCUT2D eigenvalue weighted by atomic mass is 16.5. The minimum Gasteiger partial charge on any atom is -0.333 e. The van der Waals surface area contributed by atoms with Crippen molar-refractivity contribution in [1.29, 1.82) is 0 Å². The van der Waals surface area contributed by atoms with Gasteiger partial charge in [-0.2, -0.15) is 4.98 Å². The fourth-order valence-corrected chi connectivity index (χ4v) is 3.40. The summed E-state index contributed by atoms with van der Waals surface area (Å²) in [7, 11) is 0. The summed E-state index contributed by atoms with van der Waals surface area (Å²) in [5, 5.41) is 11.2. The Morgan fingerprint density at radius 1 is 1.06 bits per heavy atom. The Kier molecular flexibility index (Phi) is 4.83. The third kappa shape index (κ3) is 3.67. The van der Waals surface area contributed by atoms with Crippen molar-refractivity contribution in [3.8, 4) is 22.8 Å². The number of nitrogens with zero attached hydrogens (tertiary/aromatic N) is 5. The third-order valence-corrected chi connectivity index (χ3v) is 4.89. The maximum absolute atomic E-state index is 12.8. The molecule has 9 heteroatoms. The first kappa shape index (κ1) is 19.4. The molecule has 0 aliphatic rings. The Bertz CT molecular complexity index is 1480. The van der Waals surface area contributed by atoms with Crippen molar-refractivity contribution in [3.63, 3.8) is 0 Å². The Morgan fingerprint density at radius 3 is 2.72 bits per heavy atom. The van der Waals surface area contributed by atoms with Gasteiger partial charge in [0.1, 0.15) is 6.54 Å². The number of rotatable bonds is 5. The second-order valence-electron chi connectivity index (χ2n) is 7.26. The number of anilines is 1. The van der Waals surface area contributed by atoms with Gasteiger partial charge in [-0.15, -0.1) is 5.10 Å². The quantitative estimate of drug-likeness (QED) is 0.463. The van der Waals surface area contributed by atoms with Crippen LogP contribution in [-0.4, -0.2) is 30.2 Å². The molecule has 0 aliphatic carbocycles. The van der Waals surface area contributed by atoms with Gasteiger partial charge in [0.25, 0.3) is 5.89 Å². The molecule has 0 aliphatic heterocycles. The second-order valence-corrected chi connectivity index (χ2v) is 7.26. The van der Waals surface area contributed by atoms with E-state index in [1.54, 1.807) is 30.5 Å². The molecule has 32 heavy (non-hydrogen) atoms. The lowest BCUT2D eigenvalue weighted by molar-refractivity contribution is -0.117. The van der Waals surface area contributed by atoms with E-state index in [1.165, 1.54) is 4.40 Å². The number of para-hydroxylation sites is 1. The van der Waals surface area contributed by atoms with Crippen molar-refractivity contribution in [2.24, 2.45) is 0 Å². The molecule has 158 valence electrons. The molecule has 0 fully saturated rings. The summed E-state index contributed by atoms with van der Waals surface area (Å²) in [5.41, 5.74) is 2.93. The lowest BCUT2D eigenvalue weighted by Crippen LogP contribution is -2.28. The first-order chi connectivity index (χ1) is 15.6. The summed E-state index contributed by atoms with van der Waals surface area (Å²) >= 11 is 0. The summed E-state index contributed by atoms with van der Waals surface area (Å²) in [6, 6.07) is 20.2. The fourth-order valence-electron chi connectivity index (χ4n) is 3.40. The number of carbonyl (C=O) groups is 1. The van der Waals surface area contributed by atoms with Crippen molar-refractivity contribution in [2.75, 3.05) is 5.32 Å². The van der Waals surface area contributed by atoms with Crippen LogP contribution in [-0.2, 0) is 11.3 Å². The average Bonchev–Trinajstić information content (AvgIpc) is 3.40.